The largest absolute Gasteiger partial charge is 0.326 e. The van der Waals surface area contributed by atoms with Crippen LogP contribution in [0.3, 0.4) is 0 Å². The molecular weight excluding hydrogens is 408 g/mol. The van der Waals surface area contributed by atoms with Gasteiger partial charge in [-0.3, -0.25) is 14.4 Å². The second-order valence-corrected chi connectivity index (χ2v) is 8.32. The van der Waals surface area contributed by atoms with Crippen LogP contribution in [-0.2, 0) is 9.59 Å². The summed E-state index contributed by atoms with van der Waals surface area (Å²) in [6.07, 6.45) is 0.217. The summed E-state index contributed by atoms with van der Waals surface area (Å²) in [5.74, 6) is 0.429. The van der Waals surface area contributed by atoms with Crippen molar-refractivity contribution in [3.63, 3.8) is 0 Å². The van der Waals surface area contributed by atoms with Gasteiger partial charge in [0.25, 0.3) is 0 Å². The number of hydrogen-bond acceptors (Lipinski definition) is 4. The molecule has 0 spiro atoms. The Kier molecular flexibility index (Phi) is 6.48. The Balaban J connectivity index is 1.36. The molecule has 6 heteroatoms. The van der Waals surface area contributed by atoms with Crippen LogP contribution in [0.1, 0.15) is 28.8 Å². The van der Waals surface area contributed by atoms with E-state index in [0.29, 0.717) is 23.4 Å². The van der Waals surface area contributed by atoms with Crippen molar-refractivity contribution in [3.05, 3.63) is 90.0 Å². The van der Waals surface area contributed by atoms with Gasteiger partial charge in [0, 0.05) is 46.8 Å². The SMILES string of the molecule is O=C(CCC(=O)N1CCSc2ccccc21)Nc1cccc(C(=O)c2ccccc2)c1. The molecule has 156 valence electrons. The van der Waals surface area contributed by atoms with Gasteiger partial charge in [0.2, 0.25) is 11.8 Å². The number of nitrogens with zero attached hydrogens (tertiary/aromatic N) is 1. The summed E-state index contributed by atoms with van der Waals surface area (Å²) in [7, 11) is 0. The van der Waals surface area contributed by atoms with E-state index in [2.05, 4.69) is 5.32 Å². The van der Waals surface area contributed by atoms with Crippen LogP contribution in [0.15, 0.2) is 83.8 Å². The smallest absolute Gasteiger partial charge is 0.227 e. The molecule has 0 saturated carbocycles. The summed E-state index contributed by atoms with van der Waals surface area (Å²) in [5.41, 5.74) is 2.55. The number of amides is 2. The number of nitrogens with one attached hydrogen (secondary N) is 1. The third-order valence-electron chi connectivity index (χ3n) is 5.04. The van der Waals surface area contributed by atoms with Gasteiger partial charge in [-0.05, 0) is 24.3 Å². The second kappa shape index (κ2) is 9.62. The molecule has 1 aliphatic rings. The third kappa shape index (κ3) is 5.03. The predicted octanol–water partition coefficient (Wildman–Crippen LogP) is 4.78. The maximum Gasteiger partial charge on any atom is 0.227 e. The van der Waals surface area contributed by atoms with Crippen molar-refractivity contribution in [3.8, 4) is 0 Å². The van der Waals surface area contributed by atoms with Gasteiger partial charge >= 0.3 is 0 Å². The van der Waals surface area contributed by atoms with Gasteiger partial charge in [-0.15, -0.1) is 11.8 Å². The summed E-state index contributed by atoms with van der Waals surface area (Å²) in [5, 5.41) is 2.80. The monoisotopic (exact) mass is 430 g/mol. The zero-order valence-electron chi connectivity index (χ0n) is 16.9. The van der Waals surface area contributed by atoms with Crippen molar-refractivity contribution < 1.29 is 14.4 Å². The number of benzene rings is 3. The van der Waals surface area contributed by atoms with Crippen molar-refractivity contribution in [1.29, 1.82) is 0 Å². The lowest BCUT2D eigenvalue weighted by Crippen LogP contribution is -2.35. The fourth-order valence-electron chi connectivity index (χ4n) is 3.50. The molecule has 1 heterocycles. The number of ketones is 1. The van der Waals surface area contributed by atoms with Crippen LogP contribution in [0.2, 0.25) is 0 Å². The average Bonchev–Trinajstić information content (AvgIpc) is 2.82. The van der Waals surface area contributed by atoms with Crippen molar-refractivity contribution in [2.75, 3.05) is 22.5 Å². The van der Waals surface area contributed by atoms with E-state index in [-0.39, 0.29) is 30.4 Å². The Morgan fingerprint density at radius 3 is 2.42 bits per heavy atom. The van der Waals surface area contributed by atoms with E-state index < -0.39 is 0 Å². The molecule has 0 saturated heterocycles. The van der Waals surface area contributed by atoms with Crippen LogP contribution in [0.25, 0.3) is 0 Å². The minimum absolute atomic E-state index is 0.0593. The van der Waals surface area contributed by atoms with Crippen molar-refractivity contribution in [1.82, 2.24) is 0 Å². The molecule has 0 radical (unpaired) electrons. The number of para-hydroxylation sites is 1. The van der Waals surface area contributed by atoms with Crippen LogP contribution in [0.4, 0.5) is 11.4 Å². The highest BCUT2D eigenvalue weighted by Crippen LogP contribution is 2.34. The van der Waals surface area contributed by atoms with Gasteiger partial charge in [-0.25, -0.2) is 0 Å². The fourth-order valence-corrected chi connectivity index (χ4v) is 4.50. The zero-order valence-corrected chi connectivity index (χ0v) is 17.7. The number of carbonyl (C=O) groups is 3. The summed E-state index contributed by atoms with van der Waals surface area (Å²) >= 11 is 1.74. The van der Waals surface area contributed by atoms with E-state index in [1.165, 1.54) is 0 Å². The Morgan fingerprint density at radius 2 is 1.58 bits per heavy atom. The molecule has 5 nitrogen and oxygen atoms in total. The molecule has 0 bridgehead atoms. The van der Waals surface area contributed by atoms with Crippen LogP contribution >= 0.6 is 11.8 Å². The standard InChI is InChI=1S/C25H22N2O3S/c28-23(13-14-24(29)27-15-16-31-22-12-5-4-11-21(22)27)26-20-10-6-9-19(17-20)25(30)18-7-2-1-3-8-18/h1-12,17H,13-16H2,(H,26,28). The minimum atomic E-state index is -0.252. The lowest BCUT2D eigenvalue weighted by molar-refractivity contribution is -0.122. The molecule has 1 aliphatic heterocycles. The molecule has 0 aromatic heterocycles. The molecule has 0 aliphatic carbocycles. The number of hydrogen-bond donors (Lipinski definition) is 1. The third-order valence-corrected chi connectivity index (χ3v) is 6.08. The van der Waals surface area contributed by atoms with E-state index >= 15 is 0 Å². The van der Waals surface area contributed by atoms with E-state index in [1.807, 2.05) is 42.5 Å². The highest BCUT2D eigenvalue weighted by molar-refractivity contribution is 7.99. The second-order valence-electron chi connectivity index (χ2n) is 7.19. The Hall–Kier alpha value is -3.38. The van der Waals surface area contributed by atoms with E-state index in [0.717, 1.165) is 16.3 Å². The van der Waals surface area contributed by atoms with E-state index in [9.17, 15) is 14.4 Å². The molecule has 4 rings (SSSR count). The molecule has 2 amide bonds. The molecule has 3 aromatic carbocycles. The number of anilines is 2. The highest BCUT2D eigenvalue weighted by Gasteiger charge is 2.23. The quantitative estimate of drug-likeness (QED) is 0.572. The van der Waals surface area contributed by atoms with Gasteiger partial charge in [-0.1, -0.05) is 54.6 Å². The van der Waals surface area contributed by atoms with Gasteiger partial charge in [-0.2, -0.15) is 0 Å². The average molecular weight is 431 g/mol. The molecule has 3 aromatic rings. The van der Waals surface area contributed by atoms with Crippen molar-refractivity contribution >= 4 is 40.7 Å². The molecule has 0 fully saturated rings. The first-order chi connectivity index (χ1) is 15.1. The highest BCUT2D eigenvalue weighted by atomic mass is 32.2. The summed E-state index contributed by atoms with van der Waals surface area (Å²) in [6.45, 7) is 0.645. The fraction of sp³-hybridized carbons (Fsp3) is 0.160. The Morgan fingerprint density at radius 1 is 0.839 bits per heavy atom. The maximum absolute atomic E-state index is 12.7. The number of thioether (sulfide) groups is 1. The molecule has 1 N–H and O–H groups in total. The van der Waals surface area contributed by atoms with Crippen LogP contribution < -0.4 is 10.2 Å². The van der Waals surface area contributed by atoms with Gasteiger partial charge in [0.1, 0.15) is 0 Å². The molecule has 0 unspecified atom stereocenters. The zero-order chi connectivity index (χ0) is 21.6. The Labute approximate surface area is 185 Å². The lowest BCUT2D eigenvalue weighted by Gasteiger charge is -2.29. The van der Waals surface area contributed by atoms with Crippen molar-refractivity contribution in [2.45, 2.75) is 17.7 Å². The topological polar surface area (TPSA) is 66.5 Å². The molecular formula is C25H22N2O3S. The first-order valence-corrected chi connectivity index (χ1v) is 11.1. The normalized spacial score (nSPS) is 12.7. The van der Waals surface area contributed by atoms with Crippen LogP contribution in [0, 0.1) is 0 Å². The molecule has 0 atom stereocenters. The first-order valence-electron chi connectivity index (χ1n) is 10.1. The number of carbonyl (C=O) groups excluding carboxylic acids is 3. The summed E-state index contributed by atoms with van der Waals surface area (Å²) in [6, 6.07) is 23.7. The maximum atomic E-state index is 12.7. The Bertz CT molecular complexity index is 1110. The lowest BCUT2D eigenvalue weighted by atomic mass is 10.0. The van der Waals surface area contributed by atoms with E-state index in [1.54, 1.807) is 53.1 Å². The number of rotatable bonds is 6. The van der Waals surface area contributed by atoms with Crippen molar-refractivity contribution in [2.24, 2.45) is 0 Å². The minimum Gasteiger partial charge on any atom is -0.326 e. The summed E-state index contributed by atoms with van der Waals surface area (Å²) < 4.78 is 0. The van der Waals surface area contributed by atoms with Crippen LogP contribution in [0.5, 0.6) is 0 Å². The van der Waals surface area contributed by atoms with Gasteiger partial charge in [0.15, 0.2) is 5.78 Å². The predicted molar refractivity (Wildman–Crippen MR) is 124 cm³/mol. The van der Waals surface area contributed by atoms with E-state index in [4.69, 9.17) is 0 Å². The molecule has 31 heavy (non-hydrogen) atoms. The van der Waals surface area contributed by atoms with Crippen LogP contribution in [-0.4, -0.2) is 29.9 Å². The number of fused-ring (bicyclic) bond motifs is 1. The van der Waals surface area contributed by atoms with Gasteiger partial charge < -0.3 is 10.2 Å². The first kappa shape index (κ1) is 20.9. The van der Waals surface area contributed by atoms with Gasteiger partial charge in [0.05, 0.1) is 5.69 Å². The summed E-state index contributed by atoms with van der Waals surface area (Å²) in [4.78, 5) is 40.6.